The number of methoxy groups -OCH3 is 1. The molecular weight excluding hydrogens is 166 g/mol. The standard InChI is InChI=1S/C7H8ClNO2/c1-11-7-2-5(4-10)9-3-6(7)8/h2-3,10H,4H2,1H3. The van der Waals surface area contributed by atoms with Crippen molar-refractivity contribution >= 4 is 11.6 Å². The van der Waals surface area contributed by atoms with Crippen molar-refractivity contribution in [2.24, 2.45) is 0 Å². The summed E-state index contributed by atoms with van der Waals surface area (Å²) in [6.45, 7) is -0.104. The molecule has 11 heavy (non-hydrogen) atoms. The molecule has 0 fully saturated rings. The van der Waals surface area contributed by atoms with E-state index in [9.17, 15) is 0 Å². The van der Waals surface area contributed by atoms with Gasteiger partial charge in [0, 0.05) is 12.3 Å². The second-order valence-electron chi connectivity index (χ2n) is 1.97. The van der Waals surface area contributed by atoms with Crippen molar-refractivity contribution in [3.05, 3.63) is 23.0 Å². The number of rotatable bonds is 2. The van der Waals surface area contributed by atoms with E-state index in [4.69, 9.17) is 21.4 Å². The van der Waals surface area contributed by atoms with E-state index in [0.717, 1.165) is 0 Å². The van der Waals surface area contributed by atoms with Gasteiger partial charge in [0.2, 0.25) is 0 Å². The van der Waals surface area contributed by atoms with Crippen LogP contribution in [0, 0.1) is 0 Å². The maximum absolute atomic E-state index is 8.69. The van der Waals surface area contributed by atoms with Gasteiger partial charge in [-0.1, -0.05) is 11.6 Å². The van der Waals surface area contributed by atoms with Crippen molar-refractivity contribution < 1.29 is 9.84 Å². The molecule has 0 aromatic carbocycles. The first kappa shape index (κ1) is 8.30. The van der Waals surface area contributed by atoms with Crippen LogP contribution in [0.15, 0.2) is 12.3 Å². The van der Waals surface area contributed by atoms with Crippen molar-refractivity contribution in [2.45, 2.75) is 6.61 Å². The van der Waals surface area contributed by atoms with Crippen LogP contribution in [-0.2, 0) is 6.61 Å². The van der Waals surface area contributed by atoms with E-state index in [0.29, 0.717) is 16.5 Å². The monoisotopic (exact) mass is 173 g/mol. The van der Waals surface area contributed by atoms with Gasteiger partial charge >= 0.3 is 0 Å². The largest absolute Gasteiger partial charge is 0.495 e. The first-order valence-corrected chi connectivity index (χ1v) is 3.45. The summed E-state index contributed by atoms with van der Waals surface area (Å²) >= 11 is 5.68. The number of pyridine rings is 1. The van der Waals surface area contributed by atoms with Gasteiger partial charge in [-0.15, -0.1) is 0 Å². The van der Waals surface area contributed by atoms with Crippen molar-refractivity contribution in [3.8, 4) is 5.75 Å². The summed E-state index contributed by atoms with van der Waals surface area (Å²) in [5.74, 6) is 0.533. The third kappa shape index (κ3) is 1.82. The van der Waals surface area contributed by atoms with E-state index in [1.807, 2.05) is 0 Å². The third-order valence-corrected chi connectivity index (χ3v) is 1.54. The Labute approximate surface area is 69.6 Å². The van der Waals surface area contributed by atoms with Crippen LogP contribution in [0.4, 0.5) is 0 Å². The lowest BCUT2D eigenvalue weighted by molar-refractivity contribution is 0.276. The molecule has 1 N–H and O–H groups in total. The fourth-order valence-electron chi connectivity index (χ4n) is 0.704. The zero-order valence-corrected chi connectivity index (χ0v) is 6.80. The van der Waals surface area contributed by atoms with Crippen LogP contribution >= 0.6 is 11.6 Å². The highest BCUT2D eigenvalue weighted by Crippen LogP contribution is 2.22. The fourth-order valence-corrected chi connectivity index (χ4v) is 0.884. The molecule has 0 saturated heterocycles. The minimum atomic E-state index is -0.104. The molecule has 1 aromatic heterocycles. The van der Waals surface area contributed by atoms with Gasteiger partial charge in [0.1, 0.15) is 10.8 Å². The van der Waals surface area contributed by atoms with E-state index in [1.165, 1.54) is 13.3 Å². The SMILES string of the molecule is COc1cc(CO)ncc1Cl. The molecule has 1 aromatic rings. The molecule has 0 amide bonds. The number of halogens is 1. The second-order valence-corrected chi connectivity index (χ2v) is 2.38. The summed E-state index contributed by atoms with van der Waals surface area (Å²) in [7, 11) is 1.52. The fraction of sp³-hybridized carbons (Fsp3) is 0.286. The van der Waals surface area contributed by atoms with Crippen LogP contribution in [0.2, 0.25) is 5.02 Å². The van der Waals surface area contributed by atoms with Crippen LogP contribution < -0.4 is 4.74 Å². The highest BCUT2D eigenvalue weighted by Gasteiger charge is 2.01. The van der Waals surface area contributed by atoms with Gasteiger partial charge in [0.15, 0.2) is 0 Å². The summed E-state index contributed by atoms with van der Waals surface area (Å²) in [4.78, 5) is 3.84. The van der Waals surface area contributed by atoms with Gasteiger partial charge in [-0.3, -0.25) is 4.98 Å². The Bertz CT molecular complexity index is 252. The molecule has 0 radical (unpaired) electrons. The second kappa shape index (κ2) is 3.55. The molecule has 0 saturated carbocycles. The molecule has 0 aliphatic carbocycles. The maximum atomic E-state index is 8.69. The summed E-state index contributed by atoms with van der Waals surface area (Å²) in [6, 6.07) is 1.60. The number of hydrogen-bond acceptors (Lipinski definition) is 3. The first-order valence-electron chi connectivity index (χ1n) is 3.07. The molecule has 3 nitrogen and oxygen atoms in total. The average Bonchev–Trinajstić information content (AvgIpc) is 2.05. The third-order valence-electron chi connectivity index (χ3n) is 1.26. The molecule has 0 bridgehead atoms. The minimum absolute atomic E-state index is 0.104. The van der Waals surface area contributed by atoms with Crippen molar-refractivity contribution in [2.75, 3.05) is 7.11 Å². The maximum Gasteiger partial charge on any atom is 0.140 e. The highest BCUT2D eigenvalue weighted by atomic mass is 35.5. The number of hydrogen-bond donors (Lipinski definition) is 1. The number of ether oxygens (including phenoxy) is 1. The molecular formula is C7H8ClNO2. The molecule has 0 atom stereocenters. The molecule has 0 aliphatic rings. The molecule has 1 rings (SSSR count). The van der Waals surface area contributed by atoms with Crippen LogP contribution in [-0.4, -0.2) is 17.2 Å². The lowest BCUT2D eigenvalue weighted by Gasteiger charge is -2.02. The molecule has 60 valence electrons. The van der Waals surface area contributed by atoms with Crippen molar-refractivity contribution in [3.63, 3.8) is 0 Å². The molecule has 0 spiro atoms. The van der Waals surface area contributed by atoms with Crippen molar-refractivity contribution in [1.82, 2.24) is 4.98 Å². The van der Waals surface area contributed by atoms with E-state index in [1.54, 1.807) is 6.07 Å². The predicted octanol–water partition coefficient (Wildman–Crippen LogP) is 1.24. The number of nitrogens with zero attached hydrogens (tertiary/aromatic N) is 1. The zero-order chi connectivity index (χ0) is 8.27. The topological polar surface area (TPSA) is 42.4 Å². The van der Waals surface area contributed by atoms with E-state index >= 15 is 0 Å². The summed E-state index contributed by atoms with van der Waals surface area (Å²) in [5.41, 5.74) is 0.547. The van der Waals surface area contributed by atoms with Crippen LogP contribution in [0.1, 0.15) is 5.69 Å². The Morgan fingerprint density at radius 1 is 1.73 bits per heavy atom. The Kier molecular flexibility index (Phi) is 2.68. The van der Waals surface area contributed by atoms with Crippen molar-refractivity contribution in [1.29, 1.82) is 0 Å². The first-order chi connectivity index (χ1) is 5.27. The Morgan fingerprint density at radius 3 is 3.00 bits per heavy atom. The van der Waals surface area contributed by atoms with Crippen LogP contribution in [0.25, 0.3) is 0 Å². The Balaban J connectivity index is 3.02. The summed E-state index contributed by atoms with van der Waals surface area (Å²) < 4.78 is 4.90. The minimum Gasteiger partial charge on any atom is -0.495 e. The van der Waals surface area contributed by atoms with Gasteiger partial charge in [-0.25, -0.2) is 0 Å². The van der Waals surface area contributed by atoms with E-state index < -0.39 is 0 Å². The number of aliphatic hydroxyl groups excluding tert-OH is 1. The van der Waals surface area contributed by atoms with Gasteiger partial charge in [-0.2, -0.15) is 0 Å². The highest BCUT2D eigenvalue weighted by molar-refractivity contribution is 6.31. The number of aliphatic hydroxyl groups is 1. The quantitative estimate of drug-likeness (QED) is 0.732. The smallest absolute Gasteiger partial charge is 0.140 e. The molecule has 0 aliphatic heterocycles. The zero-order valence-electron chi connectivity index (χ0n) is 6.04. The Morgan fingerprint density at radius 2 is 2.45 bits per heavy atom. The lowest BCUT2D eigenvalue weighted by atomic mass is 10.3. The lowest BCUT2D eigenvalue weighted by Crippen LogP contribution is -1.91. The predicted molar refractivity (Wildman–Crippen MR) is 41.7 cm³/mol. The summed E-state index contributed by atoms with van der Waals surface area (Å²) in [6.07, 6.45) is 1.45. The average molecular weight is 174 g/mol. The van der Waals surface area contributed by atoms with Crippen LogP contribution in [0.3, 0.4) is 0 Å². The Hall–Kier alpha value is -0.800. The van der Waals surface area contributed by atoms with Gasteiger partial charge in [0.05, 0.1) is 19.4 Å². The van der Waals surface area contributed by atoms with Gasteiger partial charge in [-0.05, 0) is 0 Å². The van der Waals surface area contributed by atoms with Gasteiger partial charge in [0.25, 0.3) is 0 Å². The van der Waals surface area contributed by atoms with Gasteiger partial charge < -0.3 is 9.84 Å². The molecule has 4 heteroatoms. The normalized spacial score (nSPS) is 9.73. The van der Waals surface area contributed by atoms with E-state index in [-0.39, 0.29) is 6.61 Å². The van der Waals surface area contributed by atoms with E-state index in [2.05, 4.69) is 4.98 Å². The summed E-state index contributed by atoms with van der Waals surface area (Å²) in [5, 5.41) is 9.14. The molecule has 1 heterocycles. The van der Waals surface area contributed by atoms with Crippen LogP contribution in [0.5, 0.6) is 5.75 Å². The number of aromatic nitrogens is 1. The molecule has 0 unspecified atom stereocenters.